The summed E-state index contributed by atoms with van der Waals surface area (Å²) in [4.78, 5) is 38.4. The zero-order valence-electron chi connectivity index (χ0n) is 20.8. The van der Waals surface area contributed by atoms with Crippen LogP contribution in [0.2, 0.25) is 0 Å². The molecule has 1 saturated heterocycles. The zero-order valence-corrected chi connectivity index (χ0v) is 20.8. The van der Waals surface area contributed by atoms with Crippen molar-refractivity contribution in [2.24, 2.45) is 0 Å². The van der Waals surface area contributed by atoms with Gasteiger partial charge in [0.15, 0.2) is 0 Å². The normalized spacial score (nSPS) is 15.1. The molecule has 38 heavy (non-hydrogen) atoms. The van der Waals surface area contributed by atoms with E-state index in [1.165, 1.54) is 7.11 Å². The van der Waals surface area contributed by atoms with Crippen molar-refractivity contribution in [2.75, 3.05) is 58.8 Å². The summed E-state index contributed by atoms with van der Waals surface area (Å²) in [5.74, 6) is -0.310. The van der Waals surface area contributed by atoms with Crippen LogP contribution in [-0.4, -0.2) is 80.1 Å². The number of benzene rings is 2. The van der Waals surface area contributed by atoms with E-state index < -0.39 is 34.2 Å². The first kappa shape index (κ1) is 28.6. The number of carbonyl (C=O) groups excluding carboxylic acids is 2. The lowest BCUT2D eigenvalue weighted by Crippen LogP contribution is -2.49. The number of piperazine rings is 1. The number of halogens is 3. The van der Waals surface area contributed by atoms with Crippen LogP contribution in [0.1, 0.15) is 11.1 Å². The highest BCUT2D eigenvalue weighted by atomic mass is 19.4. The highest BCUT2D eigenvalue weighted by molar-refractivity contribution is 5.94. The van der Waals surface area contributed by atoms with Crippen LogP contribution in [0.5, 0.6) is 5.75 Å². The number of hydrogen-bond donors (Lipinski definition) is 1. The molecule has 0 bridgehead atoms. The van der Waals surface area contributed by atoms with Gasteiger partial charge < -0.3 is 14.8 Å². The molecule has 1 aliphatic heterocycles. The standard InChI is InChI=1S/C25H27F3N4O6/c1-37-20-6-3-17(4-7-20)13-18(24(34)38-2)15-30-9-11-31(12-10-30)16-23(33)29-19-5-8-22(32(35)36)21(14-19)25(26,27)28/h3-8,13-14H,9-12,15-16H2,1-2H3,(H,29,33)/b18-13+. The molecule has 0 atom stereocenters. The van der Waals surface area contributed by atoms with Crippen molar-refractivity contribution in [3.63, 3.8) is 0 Å². The summed E-state index contributed by atoms with van der Waals surface area (Å²) in [5.41, 5.74) is -1.43. The maximum Gasteiger partial charge on any atom is 0.423 e. The molecule has 3 rings (SSSR count). The Kier molecular flexibility index (Phi) is 9.42. The number of amides is 1. The van der Waals surface area contributed by atoms with Crippen LogP contribution >= 0.6 is 0 Å². The van der Waals surface area contributed by atoms with Gasteiger partial charge in [-0.25, -0.2) is 4.79 Å². The average Bonchev–Trinajstić information content (AvgIpc) is 2.88. The van der Waals surface area contributed by atoms with Gasteiger partial charge in [-0.2, -0.15) is 13.2 Å². The number of alkyl halides is 3. The molecular weight excluding hydrogens is 509 g/mol. The molecule has 2 aromatic rings. The molecule has 0 spiro atoms. The molecule has 1 aliphatic rings. The third-order valence-corrected chi connectivity index (χ3v) is 5.91. The van der Waals surface area contributed by atoms with Gasteiger partial charge >= 0.3 is 12.1 Å². The third kappa shape index (κ3) is 7.76. The van der Waals surface area contributed by atoms with Gasteiger partial charge in [-0.15, -0.1) is 0 Å². The summed E-state index contributed by atoms with van der Waals surface area (Å²) in [5, 5.41) is 13.3. The predicted molar refractivity (Wildman–Crippen MR) is 133 cm³/mol. The summed E-state index contributed by atoms with van der Waals surface area (Å²) in [6.45, 7) is 2.32. The first-order chi connectivity index (χ1) is 18.0. The second-order valence-electron chi connectivity index (χ2n) is 8.52. The Hall–Kier alpha value is -3.97. The van der Waals surface area contributed by atoms with Crippen molar-refractivity contribution in [2.45, 2.75) is 6.18 Å². The number of nitro groups is 1. The number of ether oxygens (including phenoxy) is 2. The Balaban J connectivity index is 1.56. The van der Waals surface area contributed by atoms with Gasteiger partial charge in [-0.3, -0.25) is 24.7 Å². The van der Waals surface area contributed by atoms with Gasteiger partial charge in [0.2, 0.25) is 5.91 Å². The number of esters is 1. The van der Waals surface area contributed by atoms with Crippen molar-refractivity contribution >= 4 is 29.3 Å². The Morgan fingerprint density at radius 3 is 2.16 bits per heavy atom. The maximum atomic E-state index is 13.2. The maximum absolute atomic E-state index is 13.2. The molecule has 13 heteroatoms. The molecule has 1 fully saturated rings. The van der Waals surface area contributed by atoms with E-state index >= 15 is 0 Å². The molecule has 0 aromatic heterocycles. The van der Waals surface area contributed by atoms with E-state index in [0.717, 1.165) is 17.7 Å². The van der Waals surface area contributed by atoms with Gasteiger partial charge in [0.25, 0.3) is 5.69 Å². The van der Waals surface area contributed by atoms with E-state index in [4.69, 9.17) is 9.47 Å². The van der Waals surface area contributed by atoms with Gasteiger partial charge in [-0.1, -0.05) is 12.1 Å². The van der Waals surface area contributed by atoms with Gasteiger partial charge in [0.05, 0.1) is 31.3 Å². The molecule has 10 nitrogen and oxygen atoms in total. The SMILES string of the molecule is COC(=O)/C(=C/c1ccc(OC)cc1)CN1CCN(CC(=O)Nc2ccc([N+](=O)[O-])c(C(F)(F)F)c2)CC1. The van der Waals surface area contributed by atoms with Crippen LogP contribution in [0.25, 0.3) is 6.08 Å². The number of nitro benzene ring substituents is 1. The van der Waals surface area contributed by atoms with Crippen molar-refractivity contribution in [1.82, 2.24) is 9.80 Å². The summed E-state index contributed by atoms with van der Waals surface area (Å²) < 4.78 is 49.6. The summed E-state index contributed by atoms with van der Waals surface area (Å²) in [7, 11) is 2.87. The van der Waals surface area contributed by atoms with Gasteiger partial charge in [0, 0.05) is 44.5 Å². The summed E-state index contributed by atoms with van der Waals surface area (Å²) in [6.07, 6.45) is -3.20. The van der Waals surface area contributed by atoms with E-state index in [9.17, 15) is 32.9 Å². The fourth-order valence-corrected chi connectivity index (χ4v) is 3.95. The molecule has 2 aromatic carbocycles. The monoisotopic (exact) mass is 536 g/mol. The minimum absolute atomic E-state index is 0.0717. The van der Waals surface area contributed by atoms with E-state index in [2.05, 4.69) is 5.32 Å². The zero-order chi connectivity index (χ0) is 27.9. The fraction of sp³-hybridized carbons (Fsp3) is 0.360. The topological polar surface area (TPSA) is 114 Å². The average molecular weight is 537 g/mol. The first-order valence-electron chi connectivity index (χ1n) is 11.5. The van der Waals surface area contributed by atoms with E-state index in [0.29, 0.717) is 50.1 Å². The largest absolute Gasteiger partial charge is 0.497 e. The van der Waals surface area contributed by atoms with E-state index in [1.807, 2.05) is 21.9 Å². The van der Waals surface area contributed by atoms with Crippen molar-refractivity contribution in [1.29, 1.82) is 0 Å². The van der Waals surface area contributed by atoms with Crippen molar-refractivity contribution in [3.8, 4) is 5.75 Å². The predicted octanol–water partition coefficient (Wildman–Crippen LogP) is 3.43. The number of methoxy groups -OCH3 is 2. The number of rotatable bonds is 9. The first-order valence-corrected chi connectivity index (χ1v) is 11.5. The molecule has 0 aliphatic carbocycles. The number of anilines is 1. The lowest BCUT2D eigenvalue weighted by molar-refractivity contribution is -0.388. The van der Waals surface area contributed by atoms with Crippen molar-refractivity contribution in [3.05, 3.63) is 69.3 Å². The number of hydrogen-bond acceptors (Lipinski definition) is 8. The van der Waals surface area contributed by atoms with Gasteiger partial charge in [0.1, 0.15) is 11.3 Å². The van der Waals surface area contributed by atoms with Gasteiger partial charge in [-0.05, 0) is 35.9 Å². The number of nitrogens with one attached hydrogen (secondary N) is 1. The van der Waals surface area contributed by atoms with Crippen LogP contribution in [0.4, 0.5) is 24.5 Å². The number of carbonyl (C=O) groups is 2. The molecule has 0 radical (unpaired) electrons. The second kappa shape index (κ2) is 12.5. The summed E-state index contributed by atoms with van der Waals surface area (Å²) in [6, 6.07) is 9.54. The minimum atomic E-state index is -4.94. The Labute approximate surface area is 216 Å². The molecule has 204 valence electrons. The van der Waals surface area contributed by atoms with Crippen LogP contribution in [0, 0.1) is 10.1 Å². The highest BCUT2D eigenvalue weighted by Crippen LogP contribution is 2.37. The Morgan fingerprint density at radius 2 is 1.63 bits per heavy atom. The molecule has 0 saturated carbocycles. The quantitative estimate of drug-likeness (QED) is 0.224. The third-order valence-electron chi connectivity index (χ3n) is 5.91. The van der Waals surface area contributed by atoms with Crippen LogP contribution in [0.15, 0.2) is 48.0 Å². The van der Waals surface area contributed by atoms with Crippen LogP contribution in [0.3, 0.4) is 0 Å². The Morgan fingerprint density at radius 1 is 1.03 bits per heavy atom. The minimum Gasteiger partial charge on any atom is -0.497 e. The molecule has 1 heterocycles. The smallest absolute Gasteiger partial charge is 0.423 e. The molecule has 1 N–H and O–H groups in total. The van der Waals surface area contributed by atoms with E-state index in [-0.39, 0.29) is 12.2 Å². The lowest BCUT2D eigenvalue weighted by Gasteiger charge is -2.34. The summed E-state index contributed by atoms with van der Waals surface area (Å²) >= 11 is 0. The Bertz CT molecular complexity index is 1190. The fourth-order valence-electron chi connectivity index (χ4n) is 3.95. The molecular formula is C25H27F3N4O6. The highest BCUT2D eigenvalue weighted by Gasteiger charge is 2.38. The molecule has 1 amide bonds. The molecule has 0 unspecified atom stereocenters. The van der Waals surface area contributed by atoms with Crippen LogP contribution in [-0.2, 0) is 20.5 Å². The lowest BCUT2D eigenvalue weighted by atomic mass is 10.1. The van der Waals surface area contributed by atoms with Crippen molar-refractivity contribution < 1.29 is 37.2 Å². The number of nitrogens with zero attached hydrogens (tertiary/aromatic N) is 3. The van der Waals surface area contributed by atoms with E-state index in [1.54, 1.807) is 25.3 Å². The van der Waals surface area contributed by atoms with Crippen LogP contribution < -0.4 is 10.1 Å². The second-order valence-corrected chi connectivity index (χ2v) is 8.52.